The zero-order valence-electron chi connectivity index (χ0n) is 16.2. The molecule has 2 aromatic carbocycles. The lowest BCUT2D eigenvalue weighted by molar-refractivity contribution is -0.132. The highest BCUT2D eigenvalue weighted by molar-refractivity contribution is 6.31. The first-order valence-corrected chi connectivity index (χ1v) is 9.68. The molecule has 0 radical (unpaired) electrons. The Labute approximate surface area is 172 Å². The molecular formula is C21H21ClN2O5. The van der Waals surface area contributed by atoms with Gasteiger partial charge in [-0.3, -0.25) is 9.36 Å². The Bertz CT molecular complexity index is 1130. The van der Waals surface area contributed by atoms with E-state index in [0.29, 0.717) is 40.7 Å². The highest BCUT2D eigenvalue weighted by Crippen LogP contribution is 2.33. The average Bonchev–Trinajstić information content (AvgIpc) is 3.04. The largest absolute Gasteiger partial charge is 0.493 e. The maximum Gasteiger partial charge on any atom is 0.419 e. The van der Waals surface area contributed by atoms with Crippen LogP contribution >= 0.6 is 11.6 Å². The van der Waals surface area contributed by atoms with Crippen LogP contribution in [0.2, 0.25) is 5.02 Å². The zero-order valence-corrected chi connectivity index (χ0v) is 17.0. The number of hydrogen-bond donors (Lipinski definition) is 0. The van der Waals surface area contributed by atoms with E-state index in [4.69, 9.17) is 25.5 Å². The van der Waals surface area contributed by atoms with Crippen molar-refractivity contribution >= 4 is 28.6 Å². The van der Waals surface area contributed by atoms with Gasteiger partial charge in [0.1, 0.15) is 0 Å². The number of carbonyl (C=O) groups excluding carboxylic acids is 1. The van der Waals surface area contributed by atoms with Crippen molar-refractivity contribution in [2.24, 2.45) is 0 Å². The van der Waals surface area contributed by atoms with Crippen LogP contribution in [0.25, 0.3) is 11.1 Å². The number of aromatic nitrogens is 1. The molecule has 1 aromatic heterocycles. The molecule has 0 aliphatic carbocycles. The molecule has 0 saturated carbocycles. The van der Waals surface area contributed by atoms with Crippen molar-refractivity contribution in [3.63, 3.8) is 0 Å². The van der Waals surface area contributed by atoms with Crippen LogP contribution in [0.1, 0.15) is 17.5 Å². The van der Waals surface area contributed by atoms with Gasteiger partial charge in [0, 0.05) is 37.1 Å². The van der Waals surface area contributed by atoms with Crippen LogP contribution in [0.4, 0.5) is 0 Å². The van der Waals surface area contributed by atoms with E-state index in [1.54, 1.807) is 37.3 Å². The second kappa shape index (κ2) is 7.83. The third-order valence-corrected chi connectivity index (χ3v) is 5.49. The lowest BCUT2D eigenvalue weighted by atomic mass is 9.98. The number of rotatable bonds is 5. The fourth-order valence-corrected chi connectivity index (χ4v) is 3.88. The average molecular weight is 417 g/mol. The van der Waals surface area contributed by atoms with Crippen molar-refractivity contribution in [1.29, 1.82) is 0 Å². The van der Waals surface area contributed by atoms with Gasteiger partial charge in [-0.05, 0) is 41.8 Å². The molecule has 2 heterocycles. The van der Waals surface area contributed by atoms with Gasteiger partial charge in [-0.1, -0.05) is 11.6 Å². The zero-order chi connectivity index (χ0) is 20.5. The quantitative estimate of drug-likeness (QED) is 0.638. The summed E-state index contributed by atoms with van der Waals surface area (Å²) in [5.41, 5.74) is 3.25. The number of halogens is 1. The van der Waals surface area contributed by atoms with Gasteiger partial charge in [0.15, 0.2) is 17.1 Å². The van der Waals surface area contributed by atoms with Gasteiger partial charge < -0.3 is 18.8 Å². The van der Waals surface area contributed by atoms with E-state index in [1.165, 1.54) is 4.57 Å². The number of aryl methyl sites for hydroxylation is 1. The third-order valence-electron chi connectivity index (χ3n) is 5.25. The molecule has 0 bridgehead atoms. The number of nitrogens with zero attached hydrogens (tertiary/aromatic N) is 2. The van der Waals surface area contributed by atoms with Crippen LogP contribution in [0, 0.1) is 0 Å². The highest BCUT2D eigenvalue weighted by atomic mass is 35.5. The molecule has 7 nitrogen and oxygen atoms in total. The molecule has 0 atom stereocenters. The van der Waals surface area contributed by atoms with Gasteiger partial charge in [0.25, 0.3) is 0 Å². The van der Waals surface area contributed by atoms with Crippen LogP contribution < -0.4 is 15.2 Å². The molecule has 0 spiro atoms. The standard InChI is InChI=1S/C21H21ClN2O5/c1-27-18-9-13-5-7-23(12-14(13)10-19(18)28-2)20(25)6-8-24-16-4-3-15(22)11-17(16)29-21(24)26/h3-4,9-11H,5-8,12H2,1-2H3. The second-order valence-corrected chi connectivity index (χ2v) is 7.36. The first-order chi connectivity index (χ1) is 14.0. The van der Waals surface area contributed by atoms with Crippen LogP contribution in [0.3, 0.4) is 0 Å². The van der Waals surface area contributed by atoms with E-state index in [-0.39, 0.29) is 18.9 Å². The van der Waals surface area contributed by atoms with E-state index >= 15 is 0 Å². The van der Waals surface area contributed by atoms with Crippen molar-refractivity contribution in [3.05, 3.63) is 57.0 Å². The molecule has 0 saturated heterocycles. The molecule has 1 aliphatic heterocycles. The van der Waals surface area contributed by atoms with Crippen molar-refractivity contribution in [2.45, 2.75) is 25.9 Å². The molecular weight excluding hydrogens is 396 g/mol. The molecule has 1 aliphatic rings. The van der Waals surface area contributed by atoms with Crippen LogP contribution in [-0.2, 0) is 24.3 Å². The maximum absolute atomic E-state index is 12.8. The van der Waals surface area contributed by atoms with Crippen molar-refractivity contribution < 1.29 is 18.7 Å². The number of methoxy groups -OCH3 is 2. The Morgan fingerprint density at radius 1 is 1.14 bits per heavy atom. The second-order valence-electron chi connectivity index (χ2n) is 6.92. The normalized spacial score (nSPS) is 13.4. The number of oxazole rings is 1. The molecule has 0 fully saturated rings. The minimum Gasteiger partial charge on any atom is -0.493 e. The summed E-state index contributed by atoms with van der Waals surface area (Å²) in [7, 11) is 3.20. The van der Waals surface area contributed by atoms with Crippen molar-refractivity contribution in [2.75, 3.05) is 20.8 Å². The number of benzene rings is 2. The Hall–Kier alpha value is -2.93. The van der Waals surface area contributed by atoms with Gasteiger partial charge >= 0.3 is 5.76 Å². The minimum absolute atomic E-state index is 0.0133. The monoisotopic (exact) mass is 416 g/mol. The van der Waals surface area contributed by atoms with Crippen LogP contribution in [0.5, 0.6) is 11.5 Å². The third kappa shape index (κ3) is 3.70. The molecule has 152 valence electrons. The van der Waals surface area contributed by atoms with Crippen LogP contribution in [-0.4, -0.2) is 36.1 Å². The lowest BCUT2D eigenvalue weighted by Gasteiger charge is -2.29. The topological polar surface area (TPSA) is 73.9 Å². The predicted octanol–water partition coefficient (Wildman–Crippen LogP) is 3.24. The summed E-state index contributed by atoms with van der Waals surface area (Å²) in [6.07, 6.45) is 0.953. The molecule has 8 heteroatoms. The fourth-order valence-electron chi connectivity index (χ4n) is 3.71. The molecule has 3 aromatic rings. The van der Waals surface area contributed by atoms with E-state index in [2.05, 4.69) is 0 Å². The maximum atomic E-state index is 12.8. The summed E-state index contributed by atoms with van der Waals surface area (Å²) in [6, 6.07) is 8.91. The van der Waals surface area contributed by atoms with E-state index in [0.717, 1.165) is 17.5 Å². The Morgan fingerprint density at radius 2 is 1.86 bits per heavy atom. The van der Waals surface area contributed by atoms with Gasteiger partial charge in [0.05, 0.1) is 19.7 Å². The van der Waals surface area contributed by atoms with Gasteiger partial charge in [-0.15, -0.1) is 0 Å². The Kier molecular flexibility index (Phi) is 5.24. The SMILES string of the molecule is COc1cc2c(cc1OC)CN(C(=O)CCn1c(=O)oc3cc(Cl)ccc31)CC2. The first-order valence-electron chi connectivity index (χ1n) is 9.30. The summed E-state index contributed by atoms with van der Waals surface area (Å²) >= 11 is 5.94. The fraction of sp³-hybridized carbons (Fsp3) is 0.333. The summed E-state index contributed by atoms with van der Waals surface area (Å²) in [5, 5.41) is 0.494. The minimum atomic E-state index is -0.490. The van der Waals surface area contributed by atoms with E-state index in [9.17, 15) is 9.59 Å². The first kappa shape index (κ1) is 19.4. The van der Waals surface area contributed by atoms with Gasteiger partial charge in [0.2, 0.25) is 5.91 Å². The van der Waals surface area contributed by atoms with Crippen molar-refractivity contribution in [3.8, 4) is 11.5 Å². The smallest absolute Gasteiger partial charge is 0.419 e. The number of carbonyl (C=O) groups is 1. The van der Waals surface area contributed by atoms with Gasteiger partial charge in [-0.2, -0.15) is 0 Å². The van der Waals surface area contributed by atoms with Crippen molar-refractivity contribution in [1.82, 2.24) is 9.47 Å². The summed E-state index contributed by atoms with van der Waals surface area (Å²) in [4.78, 5) is 26.7. The number of hydrogen-bond acceptors (Lipinski definition) is 5. The Morgan fingerprint density at radius 3 is 2.59 bits per heavy atom. The number of ether oxygens (including phenoxy) is 2. The van der Waals surface area contributed by atoms with E-state index < -0.39 is 5.76 Å². The number of fused-ring (bicyclic) bond motifs is 2. The molecule has 29 heavy (non-hydrogen) atoms. The lowest BCUT2D eigenvalue weighted by Crippen LogP contribution is -2.36. The van der Waals surface area contributed by atoms with E-state index in [1.807, 2.05) is 12.1 Å². The van der Waals surface area contributed by atoms with Crippen LogP contribution in [0.15, 0.2) is 39.5 Å². The molecule has 1 amide bonds. The molecule has 0 unspecified atom stereocenters. The summed E-state index contributed by atoms with van der Waals surface area (Å²) in [6.45, 7) is 1.38. The summed E-state index contributed by atoms with van der Waals surface area (Å²) < 4.78 is 17.4. The summed E-state index contributed by atoms with van der Waals surface area (Å²) in [5.74, 6) is 0.838. The Balaban J connectivity index is 1.48. The van der Waals surface area contributed by atoms with Gasteiger partial charge in [-0.25, -0.2) is 4.79 Å². The highest BCUT2D eigenvalue weighted by Gasteiger charge is 2.23. The number of amides is 1. The molecule has 4 rings (SSSR count). The molecule has 0 N–H and O–H groups in total. The predicted molar refractivity (Wildman–Crippen MR) is 109 cm³/mol.